The summed E-state index contributed by atoms with van der Waals surface area (Å²) in [7, 11) is -1.77. The Labute approximate surface area is 113 Å². The molecule has 0 spiro atoms. The molecule has 0 N–H and O–H groups in total. The molecule has 19 heavy (non-hydrogen) atoms. The van der Waals surface area contributed by atoms with Crippen LogP contribution in [0, 0.1) is 0 Å². The van der Waals surface area contributed by atoms with E-state index in [1.54, 1.807) is 4.90 Å². The topological polar surface area (TPSA) is 57.7 Å². The molecule has 0 saturated carbocycles. The fourth-order valence-corrected chi connectivity index (χ4v) is 2.57. The number of hydrogen-bond acceptors (Lipinski definition) is 3. The van der Waals surface area contributed by atoms with Crippen molar-refractivity contribution in [3.05, 3.63) is 35.9 Å². The molecule has 1 amide bonds. The van der Waals surface area contributed by atoms with Crippen LogP contribution in [0.25, 0.3) is 0 Å². The summed E-state index contributed by atoms with van der Waals surface area (Å²) in [6, 6.07) is 9.61. The standard InChI is InChI=1S/C13H18N2O3S/c1-14(19(2,17)18)10-15-9-8-12(13(15)16)11-6-4-3-5-7-11/h3-7,12H,8-10H2,1-2H3. The van der Waals surface area contributed by atoms with Crippen LogP contribution in [0.4, 0.5) is 0 Å². The summed E-state index contributed by atoms with van der Waals surface area (Å²) < 4.78 is 23.9. The van der Waals surface area contributed by atoms with Crippen molar-refractivity contribution in [3.63, 3.8) is 0 Å². The van der Waals surface area contributed by atoms with Gasteiger partial charge in [0.25, 0.3) is 0 Å². The maximum Gasteiger partial charge on any atom is 0.231 e. The fraction of sp³-hybridized carbons (Fsp3) is 0.462. The van der Waals surface area contributed by atoms with Gasteiger partial charge in [0, 0.05) is 13.6 Å². The largest absolute Gasteiger partial charge is 0.328 e. The number of likely N-dealkylation sites (tertiary alicyclic amines) is 1. The monoisotopic (exact) mass is 282 g/mol. The molecule has 0 aromatic heterocycles. The minimum absolute atomic E-state index is 0.00157. The zero-order chi connectivity index (χ0) is 14.0. The number of benzene rings is 1. The van der Waals surface area contributed by atoms with Gasteiger partial charge in [-0.25, -0.2) is 8.42 Å². The van der Waals surface area contributed by atoms with E-state index in [0.717, 1.165) is 18.2 Å². The lowest BCUT2D eigenvalue weighted by atomic mass is 9.98. The quantitative estimate of drug-likeness (QED) is 0.822. The predicted octanol–water partition coefficient (Wildman–Crippen LogP) is 0.851. The molecule has 2 rings (SSSR count). The second-order valence-corrected chi connectivity index (χ2v) is 6.95. The van der Waals surface area contributed by atoms with Gasteiger partial charge in [-0.05, 0) is 12.0 Å². The minimum atomic E-state index is -3.26. The smallest absolute Gasteiger partial charge is 0.231 e. The van der Waals surface area contributed by atoms with Crippen LogP contribution in [0.1, 0.15) is 17.9 Å². The zero-order valence-electron chi connectivity index (χ0n) is 11.1. The number of rotatable bonds is 4. The summed E-state index contributed by atoms with van der Waals surface area (Å²) in [5.41, 5.74) is 0.997. The number of amides is 1. The van der Waals surface area contributed by atoms with E-state index in [9.17, 15) is 13.2 Å². The minimum Gasteiger partial charge on any atom is -0.328 e. The van der Waals surface area contributed by atoms with Crippen LogP contribution >= 0.6 is 0 Å². The number of carbonyl (C=O) groups is 1. The highest BCUT2D eigenvalue weighted by Gasteiger charge is 2.33. The van der Waals surface area contributed by atoms with Gasteiger partial charge in [0.15, 0.2) is 0 Å². The van der Waals surface area contributed by atoms with Crippen molar-refractivity contribution in [2.75, 3.05) is 26.5 Å². The number of nitrogens with zero attached hydrogens (tertiary/aromatic N) is 2. The van der Waals surface area contributed by atoms with Crippen LogP contribution in [0.5, 0.6) is 0 Å². The molecular weight excluding hydrogens is 264 g/mol. The van der Waals surface area contributed by atoms with Gasteiger partial charge in [0.1, 0.15) is 0 Å². The summed E-state index contributed by atoms with van der Waals surface area (Å²) in [5, 5.41) is 0. The third-order valence-electron chi connectivity index (χ3n) is 3.44. The SMILES string of the molecule is CN(CN1CCC(c2ccccc2)C1=O)S(C)(=O)=O. The van der Waals surface area contributed by atoms with Crippen LogP contribution in [0.3, 0.4) is 0 Å². The van der Waals surface area contributed by atoms with Crippen LogP contribution in [-0.4, -0.2) is 50.0 Å². The third-order valence-corrected chi connectivity index (χ3v) is 4.68. The second kappa shape index (κ2) is 5.30. The van der Waals surface area contributed by atoms with E-state index in [0.29, 0.717) is 6.54 Å². The van der Waals surface area contributed by atoms with Gasteiger partial charge in [-0.2, -0.15) is 4.31 Å². The summed E-state index contributed by atoms with van der Waals surface area (Å²) in [6.07, 6.45) is 1.88. The van der Waals surface area contributed by atoms with Crippen LogP contribution < -0.4 is 0 Å². The van der Waals surface area contributed by atoms with Crippen LogP contribution in [0.2, 0.25) is 0 Å². The number of hydrogen-bond donors (Lipinski definition) is 0. The number of sulfonamides is 1. The Hall–Kier alpha value is -1.40. The first-order chi connectivity index (χ1) is 8.89. The lowest BCUT2D eigenvalue weighted by molar-refractivity contribution is -0.129. The Morgan fingerprint density at radius 1 is 1.32 bits per heavy atom. The molecule has 1 atom stereocenters. The van der Waals surface area contributed by atoms with Crippen molar-refractivity contribution in [1.82, 2.24) is 9.21 Å². The van der Waals surface area contributed by atoms with Crippen molar-refractivity contribution < 1.29 is 13.2 Å². The highest BCUT2D eigenvalue weighted by Crippen LogP contribution is 2.28. The van der Waals surface area contributed by atoms with Gasteiger partial charge in [0.05, 0.1) is 18.8 Å². The first kappa shape index (κ1) is 14.0. The Kier molecular flexibility index (Phi) is 3.91. The van der Waals surface area contributed by atoms with E-state index < -0.39 is 10.0 Å². The highest BCUT2D eigenvalue weighted by atomic mass is 32.2. The lowest BCUT2D eigenvalue weighted by Gasteiger charge is -2.22. The molecule has 1 aromatic carbocycles. The second-order valence-electron chi connectivity index (χ2n) is 4.86. The molecule has 1 unspecified atom stereocenters. The van der Waals surface area contributed by atoms with E-state index >= 15 is 0 Å². The maximum atomic E-state index is 12.3. The summed E-state index contributed by atoms with van der Waals surface area (Å²) in [5.74, 6) is -0.143. The van der Waals surface area contributed by atoms with Gasteiger partial charge in [0.2, 0.25) is 15.9 Å². The van der Waals surface area contributed by atoms with Gasteiger partial charge in [-0.3, -0.25) is 4.79 Å². The molecule has 5 nitrogen and oxygen atoms in total. The molecule has 0 aliphatic carbocycles. The van der Waals surface area contributed by atoms with Crippen molar-refractivity contribution in [2.24, 2.45) is 0 Å². The Morgan fingerprint density at radius 2 is 1.95 bits per heavy atom. The highest BCUT2D eigenvalue weighted by molar-refractivity contribution is 7.88. The molecule has 1 fully saturated rings. The van der Waals surface area contributed by atoms with Crippen molar-refractivity contribution in [3.8, 4) is 0 Å². The van der Waals surface area contributed by atoms with E-state index in [1.807, 2.05) is 30.3 Å². The first-order valence-electron chi connectivity index (χ1n) is 6.14. The van der Waals surface area contributed by atoms with Crippen LogP contribution in [0.15, 0.2) is 30.3 Å². The molecule has 1 aliphatic rings. The first-order valence-corrected chi connectivity index (χ1v) is 7.99. The molecule has 1 saturated heterocycles. The molecule has 104 valence electrons. The Bertz CT molecular complexity index is 557. The van der Waals surface area contributed by atoms with Crippen molar-refractivity contribution in [1.29, 1.82) is 0 Å². The Morgan fingerprint density at radius 3 is 2.53 bits per heavy atom. The number of carbonyl (C=O) groups excluding carboxylic acids is 1. The maximum absolute atomic E-state index is 12.3. The molecule has 1 heterocycles. The van der Waals surface area contributed by atoms with E-state index in [-0.39, 0.29) is 18.5 Å². The van der Waals surface area contributed by atoms with E-state index in [1.165, 1.54) is 11.4 Å². The van der Waals surface area contributed by atoms with Crippen LogP contribution in [-0.2, 0) is 14.8 Å². The molecule has 1 aliphatic heterocycles. The average molecular weight is 282 g/mol. The summed E-state index contributed by atoms with van der Waals surface area (Å²) in [4.78, 5) is 13.9. The molecule has 6 heteroatoms. The lowest BCUT2D eigenvalue weighted by Crippen LogP contribution is -2.39. The van der Waals surface area contributed by atoms with Gasteiger partial charge in [-0.15, -0.1) is 0 Å². The predicted molar refractivity (Wildman–Crippen MR) is 73.0 cm³/mol. The van der Waals surface area contributed by atoms with E-state index in [4.69, 9.17) is 0 Å². The van der Waals surface area contributed by atoms with Crippen molar-refractivity contribution in [2.45, 2.75) is 12.3 Å². The van der Waals surface area contributed by atoms with Gasteiger partial charge in [-0.1, -0.05) is 30.3 Å². The third kappa shape index (κ3) is 3.13. The molecular formula is C13H18N2O3S. The zero-order valence-corrected chi connectivity index (χ0v) is 11.9. The fourth-order valence-electron chi connectivity index (χ4n) is 2.22. The summed E-state index contributed by atoms with van der Waals surface area (Å²) in [6.45, 7) is 0.721. The van der Waals surface area contributed by atoms with Crippen molar-refractivity contribution >= 4 is 15.9 Å². The molecule has 0 bridgehead atoms. The summed E-state index contributed by atoms with van der Waals surface area (Å²) >= 11 is 0. The van der Waals surface area contributed by atoms with Gasteiger partial charge >= 0.3 is 0 Å². The Balaban J connectivity index is 2.07. The van der Waals surface area contributed by atoms with Gasteiger partial charge < -0.3 is 4.90 Å². The van der Waals surface area contributed by atoms with E-state index in [2.05, 4.69) is 0 Å². The molecule has 0 radical (unpaired) electrons. The molecule has 1 aromatic rings. The normalized spacial score (nSPS) is 20.3. The average Bonchev–Trinajstić information content (AvgIpc) is 2.71.